The molecule has 0 fully saturated rings. The monoisotopic (exact) mass is 500 g/mol. The molecule has 0 bridgehead atoms. The molecule has 0 spiro atoms. The largest absolute Gasteiger partial charge is 0.496 e. The molecule has 0 radical (unpaired) electrons. The van der Waals surface area contributed by atoms with Gasteiger partial charge in [-0.25, -0.2) is 0 Å². The Hall–Kier alpha value is -2.37. The zero-order valence-corrected chi connectivity index (χ0v) is 18.4. The highest BCUT2D eigenvalue weighted by molar-refractivity contribution is 9.10. The van der Waals surface area contributed by atoms with E-state index in [1.807, 2.05) is 54.6 Å². The number of allylic oxidation sites excluding steroid dienone is 1. The van der Waals surface area contributed by atoms with E-state index in [0.29, 0.717) is 12.2 Å². The Morgan fingerprint density at radius 1 is 0.964 bits per heavy atom. The molecule has 5 heteroatoms. The quantitative estimate of drug-likeness (QED) is 0.267. The maximum atomic E-state index is 12.4. The molecule has 0 unspecified atom stereocenters. The number of halogens is 2. The Bertz CT molecular complexity index is 1010. The van der Waals surface area contributed by atoms with Crippen LogP contribution in [0.4, 0.5) is 0 Å². The van der Waals surface area contributed by atoms with E-state index in [-0.39, 0.29) is 5.78 Å². The van der Waals surface area contributed by atoms with Crippen molar-refractivity contribution in [3.8, 4) is 11.5 Å². The molecule has 28 heavy (non-hydrogen) atoms. The lowest BCUT2D eigenvalue weighted by molar-refractivity contribution is 0.104. The summed E-state index contributed by atoms with van der Waals surface area (Å²) in [4.78, 5) is 12.4. The third-order valence-electron chi connectivity index (χ3n) is 4.03. The molecular weight excluding hydrogens is 484 g/mol. The topological polar surface area (TPSA) is 35.5 Å². The smallest absolute Gasteiger partial charge is 0.185 e. The van der Waals surface area contributed by atoms with Gasteiger partial charge in [0, 0.05) is 20.1 Å². The molecule has 0 N–H and O–H groups in total. The van der Waals surface area contributed by atoms with Crippen LogP contribution in [0.25, 0.3) is 6.08 Å². The molecule has 142 valence electrons. The average Bonchev–Trinajstić information content (AvgIpc) is 2.70. The summed E-state index contributed by atoms with van der Waals surface area (Å²) in [7, 11) is 1.63. The fourth-order valence-electron chi connectivity index (χ4n) is 2.64. The van der Waals surface area contributed by atoms with Gasteiger partial charge in [-0.15, -0.1) is 0 Å². The van der Waals surface area contributed by atoms with Crippen LogP contribution in [-0.2, 0) is 6.61 Å². The lowest BCUT2D eigenvalue weighted by Gasteiger charge is -2.11. The van der Waals surface area contributed by atoms with Crippen LogP contribution in [0.3, 0.4) is 0 Å². The van der Waals surface area contributed by atoms with E-state index in [0.717, 1.165) is 31.6 Å². The van der Waals surface area contributed by atoms with Crippen LogP contribution in [0.15, 0.2) is 81.8 Å². The van der Waals surface area contributed by atoms with Crippen LogP contribution in [0.1, 0.15) is 21.5 Å². The molecule has 0 aliphatic carbocycles. The summed E-state index contributed by atoms with van der Waals surface area (Å²) in [5.41, 5.74) is 2.44. The van der Waals surface area contributed by atoms with Crippen LogP contribution in [0.5, 0.6) is 11.5 Å². The summed E-state index contributed by atoms with van der Waals surface area (Å²) in [5.74, 6) is 1.46. The first-order chi connectivity index (χ1) is 13.5. The SMILES string of the molecule is COc1ccc(/C=C/C(=O)c2cccc(Br)c2)cc1COc1cccc(Br)c1. The van der Waals surface area contributed by atoms with Crippen molar-refractivity contribution in [2.75, 3.05) is 7.11 Å². The van der Waals surface area contributed by atoms with Crippen LogP contribution >= 0.6 is 31.9 Å². The summed E-state index contributed by atoms with van der Waals surface area (Å²) in [5, 5.41) is 0. The Kier molecular flexibility index (Phi) is 7.06. The van der Waals surface area contributed by atoms with Crippen molar-refractivity contribution in [1.29, 1.82) is 0 Å². The van der Waals surface area contributed by atoms with Crippen molar-refractivity contribution in [1.82, 2.24) is 0 Å². The van der Waals surface area contributed by atoms with Gasteiger partial charge in [0.25, 0.3) is 0 Å². The van der Waals surface area contributed by atoms with Gasteiger partial charge in [-0.05, 0) is 54.1 Å². The van der Waals surface area contributed by atoms with Crippen LogP contribution in [-0.4, -0.2) is 12.9 Å². The first kappa shape index (κ1) is 20.4. The fraction of sp³-hybridized carbons (Fsp3) is 0.0870. The van der Waals surface area contributed by atoms with E-state index in [1.165, 1.54) is 0 Å². The molecule has 3 nitrogen and oxygen atoms in total. The standard InChI is InChI=1S/C23H18Br2O3/c1-27-23-11-9-16(8-10-22(26)17-4-2-5-19(24)13-17)12-18(23)15-28-21-7-3-6-20(25)14-21/h2-14H,15H2,1H3/b10-8+. The number of carbonyl (C=O) groups is 1. The Morgan fingerprint density at radius 2 is 1.71 bits per heavy atom. The van der Waals surface area contributed by atoms with Gasteiger partial charge in [-0.3, -0.25) is 4.79 Å². The Labute approximate surface area is 181 Å². The number of methoxy groups -OCH3 is 1. The lowest BCUT2D eigenvalue weighted by atomic mass is 10.1. The van der Waals surface area contributed by atoms with Gasteiger partial charge in [0.1, 0.15) is 18.1 Å². The first-order valence-corrected chi connectivity index (χ1v) is 10.2. The average molecular weight is 502 g/mol. The maximum absolute atomic E-state index is 12.4. The van der Waals surface area contributed by atoms with Gasteiger partial charge in [0.15, 0.2) is 5.78 Å². The number of ketones is 1. The van der Waals surface area contributed by atoms with Crippen LogP contribution < -0.4 is 9.47 Å². The number of ether oxygens (including phenoxy) is 2. The molecule has 0 heterocycles. The normalized spacial score (nSPS) is 10.8. The number of carbonyl (C=O) groups excluding carboxylic acids is 1. The highest BCUT2D eigenvalue weighted by Gasteiger charge is 2.06. The Balaban J connectivity index is 1.75. The van der Waals surface area contributed by atoms with Crippen LogP contribution in [0.2, 0.25) is 0 Å². The molecule has 0 saturated carbocycles. The molecule has 0 atom stereocenters. The number of hydrogen-bond acceptors (Lipinski definition) is 3. The fourth-order valence-corrected chi connectivity index (χ4v) is 3.42. The molecule has 0 aliphatic rings. The maximum Gasteiger partial charge on any atom is 0.185 e. The minimum Gasteiger partial charge on any atom is -0.496 e. The lowest BCUT2D eigenvalue weighted by Crippen LogP contribution is -1.99. The van der Waals surface area contributed by atoms with E-state index in [1.54, 1.807) is 31.4 Å². The summed E-state index contributed by atoms with van der Waals surface area (Å²) in [6.07, 6.45) is 3.37. The molecule has 3 rings (SSSR count). The zero-order chi connectivity index (χ0) is 19.9. The predicted molar refractivity (Wildman–Crippen MR) is 119 cm³/mol. The van der Waals surface area contributed by atoms with Crippen molar-refractivity contribution >= 4 is 43.7 Å². The molecule has 3 aromatic carbocycles. The highest BCUT2D eigenvalue weighted by atomic mass is 79.9. The summed E-state index contributed by atoms with van der Waals surface area (Å²) in [6.45, 7) is 0.362. The molecule has 3 aromatic rings. The van der Waals surface area contributed by atoms with Crippen molar-refractivity contribution < 1.29 is 14.3 Å². The second kappa shape index (κ2) is 9.71. The summed E-state index contributed by atoms with van der Waals surface area (Å²) < 4.78 is 13.1. The number of hydrogen-bond donors (Lipinski definition) is 0. The second-order valence-electron chi connectivity index (χ2n) is 6.03. The molecule has 0 aliphatic heterocycles. The number of rotatable bonds is 7. The third-order valence-corrected chi connectivity index (χ3v) is 5.02. The van der Waals surface area contributed by atoms with E-state index in [9.17, 15) is 4.79 Å². The first-order valence-electron chi connectivity index (χ1n) is 8.58. The van der Waals surface area contributed by atoms with Crippen LogP contribution in [0, 0.1) is 0 Å². The predicted octanol–water partition coefficient (Wildman–Crippen LogP) is 6.70. The summed E-state index contributed by atoms with van der Waals surface area (Å²) in [6, 6.07) is 20.8. The van der Waals surface area contributed by atoms with Crippen molar-refractivity contribution in [3.63, 3.8) is 0 Å². The van der Waals surface area contributed by atoms with Crippen molar-refractivity contribution in [2.24, 2.45) is 0 Å². The molecule has 0 amide bonds. The van der Waals surface area contributed by atoms with Gasteiger partial charge in [-0.1, -0.05) is 62.2 Å². The molecule has 0 saturated heterocycles. The van der Waals surface area contributed by atoms with Crippen molar-refractivity contribution in [2.45, 2.75) is 6.61 Å². The van der Waals surface area contributed by atoms with E-state index in [4.69, 9.17) is 9.47 Å². The molecular formula is C23H18Br2O3. The second-order valence-corrected chi connectivity index (χ2v) is 7.86. The van der Waals surface area contributed by atoms with Gasteiger partial charge in [-0.2, -0.15) is 0 Å². The van der Waals surface area contributed by atoms with Crippen molar-refractivity contribution in [3.05, 3.63) is 98.4 Å². The van der Waals surface area contributed by atoms with Gasteiger partial charge < -0.3 is 9.47 Å². The van der Waals surface area contributed by atoms with E-state index >= 15 is 0 Å². The summed E-state index contributed by atoms with van der Waals surface area (Å²) >= 11 is 6.82. The van der Waals surface area contributed by atoms with Gasteiger partial charge >= 0.3 is 0 Å². The minimum absolute atomic E-state index is 0.0518. The molecule has 0 aromatic heterocycles. The minimum atomic E-state index is -0.0518. The highest BCUT2D eigenvalue weighted by Crippen LogP contribution is 2.24. The zero-order valence-electron chi connectivity index (χ0n) is 15.2. The number of benzene rings is 3. The third kappa shape index (κ3) is 5.57. The van der Waals surface area contributed by atoms with E-state index < -0.39 is 0 Å². The van der Waals surface area contributed by atoms with Gasteiger partial charge in [0.2, 0.25) is 0 Å². The Morgan fingerprint density at radius 3 is 2.43 bits per heavy atom. The van der Waals surface area contributed by atoms with E-state index in [2.05, 4.69) is 31.9 Å². The van der Waals surface area contributed by atoms with Gasteiger partial charge in [0.05, 0.1) is 7.11 Å².